The molecule has 7 heteroatoms. The fourth-order valence-electron chi connectivity index (χ4n) is 1.90. The van der Waals surface area contributed by atoms with Crippen LogP contribution < -0.4 is 10.1 Å². The Bertz CT molecular complexity index is 506. The standard InChI is InChI=1S/C14H17FN2O4/c1-17-8-12(21-14(17)19)6-7-16-13(18)9-20-11-4-2-10(15)3-5-11/h2-5,12H,6-9H2,1H3,(H,16,18). The first-order valence-corrected chi connectivity index (χ1v) is 6.61. The number of halogens is 1. The van der Waals surface area contributed by atoms with Crippen LogP contribution in [0.25, 0.3) is 0 Å². The van der Waals surface area contributed by atoms with Gasteiger partial charge in [-0.3, -0.25) is 4.79 Å². The van der Waals surface area contributed by atoms with Crippen LogP contribution in [0, 0.1) is 5.82 Å². The van der Waals surface area contributed by atoms with Crippen molar-refractivity contribution in [2.75, 3.05) is 26.7 Å². The number of carbonyl (C=O) groups excluding carboxylic acids is 2. The van der Waals surface area contributed by atoms with Gasteiger partial charge in [-0.2, -0.15) is 0 Å². The quantitative estimate of drug-likeness (QED) is 0.855. The molecule has 0 saturated carbocycles. The first-order chi connectivity index (χ1) is 10.0. The van der Waals surface area contributed by atoms with Crippen LogP contribution in [0.5, 0.6) is 5.75 Å². The van der Waals surface area contributed by atoms with Crippen molar-refractivity contribution in [2.45, 2.75) is 12.5 Å². The highest BCUT2D eigenvalue weighted by Crippen LogP contribution is 2.12. The zero-order chi connectivity index (χ0) is 15.2. The van der Waals surface area contributed by atoms with Crippen molar-refractivity contribution >= 4 is 12.0 Å². The largest absolute Gasteiger partial charge is 0.484 e. The van der Waals surface area contributed by atoms with Crippen molar-refractivity contribution in [1.29, 1.82) is 0 Å². The van der Waals surface area contributed by atoms with Gasteiger partial charge in [0.15, 0.2) is 6.61 Å². The first-order valence-electron chi connectivity index (χ1n) is 6.61. The minimum Gasteiger partial charge on any atom is -0.484 e. The molecule has 1 aliphatic rings. The van der Waals surface area contributed by atoms with Crippen molar-refractivity contribution in [3.63, 3.8) is 0 Å². The van der Waals surface area contributed by atoms with E-state index < -0.39 is 0 Å². The molecule has 1 unspecified atom stereocenters. The molecule has 1 N–H and O–H groups in total. The third-order valence-electron chi connectivity index (χ3n) is 3.03. The summed E-state index contributed by atoms with van der Waals surface area (Å²) in [7, 11) is 1.66. The van der Waals surface area contributed by atoms with Gasteiger partial charge >= 0.3 is 6.09 Å². The molecule has 1 aliphatic heterocycles. The minimum atomic E-state index is -0.358. The lowest BCUT2D eigenvalue weighted by Crippen LogP contribution is -2.32. The van der Waals surface area contributed by atoms with Gasteiger partial charge in [-0.15, -0.1) is 0 Å². The molecule has 21 heavy (non-hydrogen) atoms. The molecule has 0 aliphatic carbocycles. The Balaban J connectivity index is 1.62. The van der Waals surface area contributed by atoms with Crippen LogP contribution >= 0.6 is 0 Å². The Morgan fingerprint density at radius 3 is 2.81 bits per heavy atom. The van der Waals surface area contributed by atoms with Gasteiger partial charge in [0.05, 0.1) is 6.54 Å². The molecule has 2 amide bonds. The van der Waals surface area contributed by atoms with Gasteiger partial charge in [-0.1, -0.05) is 0 Å². The predicted octanol–water partition coefficient (Wildman–Crippen LogP) is 1.16. The summed E-state index contributed by atoms with van der Waals surface area (Å²) in [5, 5.41) is 2.67. The van der Waals surface area contributed by atoms with E-state index in [-0.39, 0.29) is 30.5 Å². The second-order valence-electron chi connectivity index (χ2n) is 4.77. The average Bonchev–Trinajstić information content (AvgIpc) is 2.77. The SMILES string of the molecule is CN1CC(CCNC(=O)COc2ccc(F)cc2)OC1=O. The maximum Gasteiger partial charge on any atom is 0.409 e. The van der Waals surface area contributed by atoms with Crippen molar-refractivity contribution in [3.05, 3.63) is 30.1 Å². The van der Waals surface area contributed by atoms with Crippen molar-refractivity contribution in [2.24, 2.45) is 0 Å². The molecule has 1 saturated heterocycles. The topological polar surface area (TPSA) is 67.9 Å². The maximum absolute atomic E-state index is 12.7. The number of ether oxygens (including phenoxy) is 2. The van der Waals surface area contributed by atoms with Crippen LogP contribution in [0.4, 0.5) is 9.18 Å². The van der Waals surface area contributed by atoms with Gasteiger partial charge in [0.25, 0.3) is 5.91 Å². The van der Waals surface area contributed by atoms with Gasteiger partial charge in [0.2, 0.25) is 0 Å². The summed E-state index contributed by atoms with van der Waals surface area (Å²) in [6.45, 7) is 0.786. The highest BCUT2D eigenvalue weighted by Gasteiger charge is 2.27. The number of hydrogen-bond donors (Lipinski definition) is 1. The summed E-state index contributed by atoms with van der Waals surface area (Å²) in [6, 6.07) is 5.43. The van der Waals surface area contributed by atoms with Gasteiger partial charge < -0.3 is 19.7 Å². The van der Waals surface area contributed by atoms with Gasteiger partial charge in [-0.25, -0.2) is 9.18 Å². The van der Waals surface area contributed by atoms with E-state index in [1.54, 1.807) is 7.05 Å². The summed E-state index contributed by atoms with van der Waals surface area (Å²) in [4.78, 5) is 24.2. The Morgan fingerprint density at radius 2 is 2.19 bits per heavy atom. The van der Waals surface area contributed by atoms with Crippen LogP contribution in [0.3, 0.4) is 0 Å². The van der Waals surface area contributed by atoms with Gasteiger partial charge in [-0.05, 0) is 24.3 Å². The number of nitrogens with one attached hydrogen (secondary N) is 1. The van der Waals surface area contributed by atoms with Crippen LogP contribution in [0.2, 0.25) is 0 Å². The van der Waals surface area contributed by atoms with Crippen LogP contribution in [0.15, 0.2) is 24.3 Å². The Hall–Kier alpha value is -2.31. The highest BCUT2D eigenvalue weighted by molar-refractivity contribution is 5.77. The molecule has 1 aromatic carbocycles. The van der Waals surface area contributed by atoms with E-state index in [1.807, 2.05) is 0 Å². The Kier molecular flexibility index (Phi) is 4.97. The van der Waals surface area contributed by atoms with Gasteiger partial charge in [0.1, 0.15) is 17.7 Å². The smallest absolute Gasteiger partial charge is 0.409 e. The predicted molar refractivity (Wildman–Crippen MR) is 72.4 cm³/mol. The number of benzene rings is 1. The van der Waals surface area contributed by atoms with Crippen LogP contribution in [-0.4, -0.2) is 49.7 Å². The monoisotopic (exact) mass is 296 g/mol. The minimum absolute atomic E-state index is 0.143. The fourth-order valence-corrected chi connectivity index (χ4v) is 1.90. The molecule has 1 fully saturated rings. The molecule has 0 bridgehead atoms. The van der Waals surface area contributed by atoms with Crippen LogP contribution in [-0.2, 0) is 9.53 Å². The lowest BCUT2D eigenvalue weighted by molar-refractivity contribution is -0.123. The lowest BCUT2D eigenvalue weighted by Gasteiger charge is -2.10. The number of hydrogen-bond acceptors (Lipinski definition) is 4. The molecule has 2 rings (SSSR count). The normalized spacial score (nSPS) is 17.5. The van der Waals surface area contributed by atoms with E-state index in [0.29, 0.717) is 25.3 Å². The van der Waals surface area contributed by atoms with Crippen molar-refractivity contribution in [1.82, 2.24) is 10.2 Å². The van der Waals surface area contributed by atoms with E-state index in [0.717, 1.165) is 0 Å². The summed E-state index contributed by atoms with van der Waals surface area (Å²) in [5.41, 5.74) is 0. The molecule has 1 aromatic rings. The second kappa shape index (κ2) is 6.92. The van der Waals surface area contributed by atoms with E-state index in [4.69, 9.17) is 9.47 Å². The molecule has 0 aromatic heterocycles. The van der Waals surface area contributed by atoms with Crippen LogP contribution in [0.1, 0.15) is 6.42 Å². The molecular formula is C14H17FN2O4. The summed E-state index contributed by atoms with van der Waals surface area (Å²) in [5.74, 6) is -0.210. The van der Waals surface area contributed by atoms with E-state index >= 15 is 0 Å². The van der Waals surface area contributed by atoms with E-state index in [1.165, 1.54) is 29.2 Å². The zero-order valence-electron chi connectivity index (χ0n) is 11.7. The number of cyclic esters (lactones) is 1. The Morgan fingerprint density at radius 1 is 1.48 bits per heavy atom. The van der Waals surface area contributed by atoms with E-state index in [2.05, 4.69) is 5.32 Å². The molecule has 1 heterocycles. The lowest BCUT2D eigenvalue weighted by atomic mass is 10.2. The second-order valence-corrected chi connectivity index (χ2v) is 4.77. The number of nitrogens with zero attached hydrogens (tertiary/aromatic N) is 1. The number of carbonyl (C=O) groups is 2. The average molecular weight is 296 g/mol. The zero-order valence-corrected chi connectivity index (χ0v) is 11.7. The first kappa shape index (κ1) is 15.1. The summed E-state index contributed by atoms with van der Waals surface area (Å²) < 4.78 is 23.0. The molecule has 0 radical (unpaired) electrons. The third-order valence-corrected chi connectivity index (χ3v) is 3.03. The molecule has 0 spiro atoms. The summed E-state index contributed by atoms with van der Waals surface area (Å²) >= 11 is 0. The molecule has 114 valence electrons. The number of likely N-dealkylation sites (N-methyl/N-ethyl adjacent to an activating group) is 1. The highest BCUT2D eigenvalue weighted by atomic mass is 19.1. The summed E-state index contributed by atoms with van der Waals surface area (Å²) in [6.07, 6.45) is 0.0186. The number of amides is 2. The van der Waals surface area contributed by atoms with E-state index in [9.17, 15) is 14.0 Å². The Labute approximate surface area is 121 Å². The maximum atomic E-state index is 12.7. The molecule has 1 atom stereocenters. The molecular weight excluding hydrogens is 279 g/mol. The fraction of sp³-hybridized carbons (Fsp3) is 0.429. The van der Waals surface area contributed by atoms with Crippen molar-refractivity contribution < 1.29 is 23.5 Å². The van der Waals surface area contributed by atoms with Gasteiger partial charge in [0, 0.05) is 20.0 Å². The number of rotatable bonds is 6. The van der Waals surface area contributed by atoms with Crippen molar-refractivity contribution in [3.8, 4) is 5.75 Å². The third kappa shape index (κ3) is 4.62. The molecule has 6 nitrogen and oxygen atoms in total.